The molecule has 0 spiro atoms. The first kappa shape index (κ1) is 68.7. The van der Waals surface area contributed by atoms with Gasteiger partial charge in [0.25, 0.3) is 5.82 Å². The fraction of sp³-hybridized carbons (Fsp3) is 0.181. The highest BCUT2D eigenvalue weighted by atomic mass is 15.1. The van der Waals surface area contributed by atoms with E-state index in [9.17, 15) is 0 Å². The van der Waals surface area contributed by atoms with E-state index in [0.717, 1.165) is 0 Å². The molecule has 0 amide bonds. The Bertz CT molecular complexity index is 5710. The molecule has 0 atom stereocenters. The van der Waals surface area contributed by atoms with E-state index in [2.05, 4.69) is 418 Å². The van der Waals surface area contributed by atoms with E-state index in [1.807, 2.05) is 0 Å². The molecule has 16 rings (SSSR count). The maximum absolute atomic E-state index is 2.41. The molecule has 0 saturated heterocycles. The maximum atomic E-state index is 2.41. The Morgan fingerprint density at radius 3 is 1.45 bits per heavy atom. The van der Waals surface area contributed by atoms with Crippen LogP contribution in [0.4, 0.5) is 0 Å². The van der Waals surface area contributed by atoms with Crippen LogP contribution in [-0.2, 0) is 35.2 Å². The first-order valence-electron chi connectivity index (χ1n) is 35.1. The first-order valence-corrected chi connectivity index (χ1v) is 35.1. The molecule has 10 aromatic carbocycles. The number of pyridine rings is 5. The minimum absolute atomic E-state index is 0.513. The van der Waals surface area contributed by atoms with E-state index >= 15 is 0 Å². The summed E-state index contributed by atoms with van der Waals surface area (Å²) in [6, 6.07) is 95.5. The predicted octanol–water partition coefficient (Wildman–Crippen LogP) is 20.8. The third-order valence-corrected chi connectivity index (χ3v) is 20.1. The van der Waals surface area contributed by atoms with Gasteiger partial charge in [-0.3, -0.25) is 0 Å². The van der Waals surface area contributed by atoms with Crippen molar-refractivity contribution in [2.45, 2.75) is 82.1 Å². The zero-order valence-corrected chi connectivity index (χ0v) is 61.3. The number of nitrogens with zero attached hydrogens (tertiary/aromatic N) is 6. The largest absolute Gasteiger partial charge is 0.286 e. The normalized spacial score (nSPS) is 11.1. The summed E-state index contributed by atoms with van der Waals surface area (Å²) >= 11 is 0. The molecule has 6 heteroatoms. The van der Waals surface area contributed by atoms with Crippen LogP contribution in [0.25, 0.3) is 116 Å². The molecule has 0 unspecified atom stereocenters. The van der Waals surface area contributed by atoms with Crippen LogP contribution in [-0.4, -0.2) is 4.57 Å². The molecule has 6 nitrogen and oxygen atoms in total. The monoisotopic (exact) mass is 1310 g/mol. The summed E-state index contributed by atoms with van der Waals surface area (Å²) < 4.78 is 13.7. The van der Waals surface area contributed by atoms with E-state index in [-0.39, 0.29) is 0 Å². The lowest BCUT2D eigenvalue weighted by Crippen LogP contribution is -2.33. The Labute approximate surface area is 592 Å². The zero-order chi connectivity index (χ0) is 70.5. The van der Waals surface area contributed by atoms with E-state index in [1.54, 1.807) is 0 Å². The van der Waals surface area contributed by atoms with Crippen molar-refractivity contribution in [1.82, 2.24) is 4.57 Å². The van der Waals surface area contributed by atoms with Gasteiger partial charge in [-0.15, -0.1) is 0 Å². The molecule has 0 aliphatic carbocycles. The minimum atomic E-state index is 0.513. The summed E-state index contributed by atoms with van der Waals surface area (Å²) in [5, 5.41) is 9.10. The zero-order valence-electron chi connectivity index (χ0n) is 61.3. The molecule has 0 bridgehead atoms. The van der Waals surface area contributed by atoms with Gasteiger partial charge in [0, 0.05) is 97.7 Å². The molecule has 496 valence electrons. The van der Waals surface area contributed by atoms with Crippen LogP contribution in [0.5, 0.6) is 0 Å². The SMILES string of the molecule is Cc1cc(C)c(C)c(-c2cc(C)c3ccccc3[n+]2C)c1.Cc1ccc(C)c(-c2ccc3ccccc3[n+]2C)c1.Cc1cccc2c3ccccc3n(-c3cc(C(C)C)cc[n+]3C)c12.Cc1ccccc1-c1c2ccccc2cc[n+]1C.Cc1ccccc1-c1ccc2ccccc2[n+]1C. The number of aryl methyl sites for hydroxylation is 13. The molecule has 6 heterocycles. The lowest BCUT2D eigenvalue weighted by atomic mass is 9.96. The topological polar surface area (TPSA) is 24.3 Å². The van der Waals surface area contributed by atoms with Gasteiger partial charge >= 0.3 is 0 Å². The van der Waals surface area contributed by atoms with Crippen LogP contribution in [0, 0.1) is 62.3 Å². The van der Waals surface area contributed by atoms with Gasteiger partial charge in [-0.1, -0.05) is 158 Å². The van der Waals surface area contributed by atoms with Gasteiger partial charge in [0.2, 0.25) is 39.3 Å². The second kappa shape index (κ2) is 29.9. The number of hydrogen-bond acceptors (Lipinski definition) is 0. The van der Waals surface area contributed by atoms with Crippen molar-refractivity contribution in [3.8, 4) is 50.8 Å². The van der Waals surface area contributed by atoms with Gasteiger partial charge < -0.3 is 0 Å². The molecule has 0 aliphatic heterocycles. The van der Waals surface area contributed by atoms with Gasteiger partial charge in [-0.2, -0.15) is 18.3 Å². The van der Waals surface area contributed by atoms with Crippen molar-refractivity contribution < 1.29 is 22.8 Å². The van der Waals surface area contributed by atoms with Crippen molar-refractivity contribution in [3.05, 3.63) is 335 Å². The fourth-order valence-electron chi connectivity index (χ4n) is 14.3. The molecule has 100 heavy (non-hydrogen) atoms. The third-order valence-electron chi connectivity index (χ3n) is 20.1. The lowest BCUT2D eigenvalue weighted by molar-refractivity contribution is -0.665. The molecule has 0 aliphatic rings. The Balaban J connectivity index is 0.000000119. The second-order valence-corrected chi connectivity index (χ2v) is 27.4. The average Bonchev–Trinajstić information content (AvgIpc) is 1.52. The molecule has 6 aromatic heterocycles. The van der Waals surface area contributed by atoms with E-state index < -0.39 is 0 Å². The van der Waals surface area contributed by atoms with E-state index in [0.29, 0.717) is 5.92 Å². The minimum Gasteiger partial charge on any atom is -0.237 e. The van der Waals surface area contributed by atoms with Crippen LogP contribution < -0.4 is 22.8 Å². The van der Waals surface area contributed by atoms with Crippen LogP contribution in [0.3, 0.4) is 0 Å². The van der Waals surface area contributed by atoms with Crippen LogP contribution in [0.2, 0.25) is 0 Å². The molecular weight excluding hydrogens is 1210 g/mol. The van der Waals surface area contributed by atoms with Crippen molar-refractivity contribution >= 4 is 65.3 Å². The Morgan fingerprint density at radius 2 is 0.800 bits per heavy atom. The van der Waals surface area contributed by atoms with Crippen LogP contribution >= 0.6 is 0 Å². The standard InChI is InChI=1S/C22H23N2.C20H22N.C18H18N.2C17H16N/c1-15(2)17-12-13-23(4)21(14-17)24-20-11-6-5-9-18(20)19-10-7-8-16(3)22(19)24;1-13-10-14(2)16(4)18(11-13)20-12-15(3)17-8-6-7-9-19(17)21(20)5;1-13-8-9-14(2)16(12-13)18-11-10-15-6-4-5-7-17(15)19(18)3;1-13-7-3-5-9-15(13)17-16-10-6-4-8-14(16)11-12-18(17)2;1-13-7-3-5-9-15(13)17-12-11-14-8-4-6-10-16(14)18(17)2/h5-15H,1-4H3;6-12H,1-5H3;4-12H,1-3H3;2*3-12H,1-2H3/q5*+1. The maximum Gasteiger partial charge on any atom is 0.286 e. The number of benzene rings is 10. The summed E-state index contributed by atoms with van der Waals surface area (Å²) in [5.74, 6) is 1.72. The first-order chi connectivity index (χ1) is 48.3. The van der Waals surface area contributed by atoms with Crippen LogP contribution in [0.15, 0.2) is 279 Å². The lowest BCUT2D eigenvalue weighted by Gasteiger charge is -2.11. The Morgan fingerprint density at radius 1 is 0.300 bits per heavy atom. The van der Waals surface area contributed by atoms with Gasteiger partial charge in [0.15, 0.2) is 6.20 Å². The number of hydrogen-bond donors (Lipinski definition) is 0. The van der Waals surface area contributed by atoms with Crippen molar-refractivity contribution in [3.63, 3.8) is 0 Å². The highest BCUT2D eigenvalue weighted by Crippen LogP contribution is 2.35. The van der Waals surface area contributed by atoms with Gasteiger partial charge in [0.05, 0.1) is 18.6 Å². The van der Waals surface area contributed by atoms with Crippen molar-refractivity contribution in [2.24, 2.45) is 35.2 Å². The van der Waals surface area contributed by atoms with Gasteiger partial charge in [-0.05, 0) is 203 Å². The number of para-hydroxylation sites is 5. The molecule has 0 saturated carbocycles. The van der Waals surface area contributed by atoms with Crippen molar-refractivity contribution in [1.29, 1.82) is 0 Å². The number of aromatic nitrogens is 6. The Kier molecular flexibility index (Phi) is 20.5. The highest BCUT2D eigenvalue weighted by molar-refractivity contribution is 6.10. The summed E-state index contributed by atoms with van der Waals surface area (Å²) in [6.45, 7) is 24.1. The summed E-state index contributed by atoms with van der Waals surface area (Å²) in [4.78, 5) is 0. The summed E-state index contributed by atoms with van der Waals surface area (Å²) in [5.41, 5.74) is 30.0. The smallest absolute Gasteiger partial charge is 0.237 e. The number of rotatable bonds is 6. The number of fused-ring (bicyclic) bond motifs is 7. The third kappa shape index (κ3) is 14.1. The quantitative estimate of drug-likeness (QED) is 0.148. The molecule has 16 aromatic rings. The average molecular weight is 1310 g/mol. The van der Waals surface area contributed by atoms with Gasteiger partial charge in [0.1, 0.15) is 39.2 Å². The van der Waals surface area contributed by atoms with Crippen molar-refractivity contribution in [2.75, 3.05) is 0 Å². The molecular formula is C94H95N6+5. The van der Waals surface area contributed by atoms with E-state index in [4.69, 9.17) is 0 Å². The predicted molar refractivity (Wildman–Crippen MR) is 421 cm³/mol. The highest BCUT2D eigenvalue weighted by Gasteiger charge is 2.25. The van der Waals surface area contributed by atoms with E-state index in [1.165, 1.54) is 172 Å². The molecule has 0 fully saturated rings. The second-order valence-electron chi connectivity index (χ2n) is 27.4. The fourth-order valence-corrected chi connectivity index (χ4v) is 14.3. The summed E-state index contributed by atoms with van der Waals surface area (Å²) in [7, 11) is 10.7. The Hall–Kier alpha value is -11.2. The van der Waals surface area contributed by atoms with Crippen LogP contribution in [0.1, 0.15) is 75.4 Å². The molecule has 0 radical (unpaired) electrons. The van der Waals surface area contributed by atoms with Gasteiger partial charge in [-0.25, -0.2) is 9.13 Å². The molecule has 0 N–H and O–H groups in total. The summed E-state index contributed by atoms with van der Waals surface area (Å²) in [6.07, 6.45) is 4.30.